The molecule has 114 valence electrons. The topological polar surface area (TPSA) is 55.7 Å². The van der Waals surface area contributed by atoms with Crippen LogP contribution in [0.1, 0.15) is 39.0 Å². The number of hydrogen-bond donors (Lipinski definition) is 1. The van der Waals surface area contributed by atoms with Gasteiger partial charge >= 0.3 is 0 Å². The Balaban J connectivity index is 1.81. The van der Waals surface area contributed by atoms with Crippen LogP contribution >= 0.6 is 12.2 Å². The molecule has 0 bridgehead atoms. The zero-order chi connectivity index (χ0) is 14.8. The highest BCUT2D eigenvalue weighted by Gasteiger charge is 2.19. The molecule has 0 aliphatic heterocycles. The van der Waals surface area contributed by atoms with E-state index in [0.717, 1.165) is 36.0 Å². The molecule has 3 rings (SSSR count). The third kappa shape index (κ3) is 2.95. The first-order valence-electron chi connectivity index (χ1n) is 7.66. The maximum atomic E-state index is 5.43. The number of aromatic amines is 1. The first-order valence-corrected chi connectivity index (χ1v) is 8.07. The average molecular weight is 306 g/mol. The fourth-order valence-electron chi connectivity index (χ4n) is 3.44. The molecule has 1 fully saturated rings. The van der Waals surface area contributed by atoms with Crippen molar-refractivity contribution in [2.75, 3.05) is 7.11 Å². The Hall–Kier alpha value is -1.43. The third-order valence-electron chi connectivity index (χ3n) is 4.52. The number of methoxy groups -OCH3 is 1. The van der Waals surface area contributed by atoms with Crippen molar-refractivity contribution in [3.05, 3.63) is 11.1 Å². The normalized spacial score (nSPS) is 22.6. The quantitative estimate of drug-likeness (QED) is 0.875. The molecule has 1 aliphatic rings. The van der Waals surface area contributed by atoms with E-state index < -0.39 is 0 Å². The summed E-state index contributed by atoms with van der Waals surface area (Å²) in [5, 5.41) is 0. The smallest absolute Gasteiger partial charge is 0.242 e. The van der Waals surface area contributed by atoms with Gasteiger partial charge in [-0.2, -0.15) is 4.98 Å². The van der Waals surface area contributed by atoms with E-state index in [1.165, 1.54) is 32.0 Å². The molecule has 2 unspecified atom stereocenters. The van der Waals surface area contributed by atoms with Crippen molar-refractivity contribution in [2.45, 2.75) is 45.6 Å². The van der Waals surface area contributed by atoms with Gasteiger partial charge in [0.2, 0.25) is 5.88 Å². The second kappa shape index (κ2) is 6.13. The molecule has 2 aromatic rings. The molecule has 6 heteroatoms. The molecule has 1 aliphatic carbocycles. The van der Waals surface area contributed by atoms with Crippen LogP contribution in [-0.2, 0) is 6.54 Å². The lowest BCUT2D eigenvalue weighted by Crippen LogP contribution is -2.15. The van der Waals surface area contributed by atoms with Crippen molar-refractivity contribution >= 4 is 23.4 Å². The number of imidazole rings is 1. The van der Waals surface area contributed by atoms with E-state index >= 15 is 0 Å². The number of nitrogens with one attached hydrogen (secondary N) is 1. The molecule has 0 aromatic carbocycles. The molecule has 1 N–H and O–H groups in total. The predicted octanol–water partition coefficient (Wildman–Crippen LogP) is 3.71. The second-order valence-corrected chi connectivity index (χ2v) is 6.48. The average Bonchev–Trinajstić information content (AvgIpc) is 2.80. The largest absolute Gasteiger partial charge is 0.479 e. The highest BCUT2D eigenvalue weighted by atomic mass is 32.1. The Labute approximate surface area is 129 Å². The summed E-state index contributed by atoms with van der Waals surface area (Å²) in [6, 6.07) is 0. The molecule has 2 aromatic heterocycles. The van der Waals surface area contributed by atoms with Gasteiger partial charge in [-0.15, -0.1) is 0 Å². The van der Waals surface area contributed by atoms with Crippen LogP contribution in [0.25, 0.3) is 11.2 Å². The van der Waals surface area contributed by atoms with E-state index in [1.807, 2.05) is 0 Å². The Bertz CT molecular complexity index is 678. The Morgan fingerprint density at radius 3 is 3.05 bits per heavy atom. The molecule has 2 heterocycles. The van der Waals surface area contributed by atoms with E-state index in [1.54, 1.807) is 7.11 Å². The minimum Gasteiger partial charge on any atom is -0.479 e. The Kier molecular flexibility index (Phi) is 4.24. The molecule has 0 spiro atoms. The molecule has 5 nitrogen and oxygen atoms in total. The minimum atomic E-state index is 0.552. The zero-order valence-electron chi connectivity index (χ0n) is 12.6. The number of rotatable bonds is 4. The lowest BCUT2D eigenvalue weighted by Gasteiger charge is -2.26. The highest BCUT2D eigenvalue weighted by Crippen LogP contribution is 2.31. The molecular weight excluding hydrogens is 284 g/mol. The number of ether oxygens (including phenoxy) is 1. The molecule has 0 radical (unpaired) electrons. The van der Waals surface area contributed by atoms with Gasteiger partial charge in [-0.1, -0.05) is 26.2 Å². The lowest BCUT2D eigenvalue weighted by atomic mass is 9.81. The SMILES string of the molecule is COc1ncnc2c1[nH]c(=S)n2CCC1CCCC(C)C1. The minimum absolute atomic E-state index is 0.552. The van der Waals surface area contributed by atoms with E-state index in [4.69, 9.17) is 17.0 Å². The summed E-state index contributed by atoms with van der Waals surface area (Å²) in [5.74, 6) is 2.22. The van der Waals surface area contributed by atoms with Gasteiger partial charge in [-0.3, -0.25) is 0 Å². The maximum absolute atomic E-state index is 5.43. The van der Waals surface area contributed by atoms with E-state index in [-0.39, 0.29) is 0 Å². The summed E-state index contributed by atoms with van der Waals surface area (Å²) in [6.07, 6.45) is 8.13. The van der Waals surface area contributed by atoms with Gasteiger partial charge in [-0.05, 0) is 36.9 Å². The van der Waals surface area contributed by atoms with Gasteiger partial charge in [0.1, 0.15) is 11.8 Å². The third-order valence-corrected chi connectivity index (χ3v) is 4.85. The van der Waals surface area contributed by atoms with Crippen molar-refractivity contribution in [1.29, 1.82) is 0 Å². The van der Waals surface area contributed by atoms with Crippen LogP contribution in [-0.4, -0.2) is 26.6 Å². The van der Waals surface area contributed by atoms with E-state index in [0.29, 0.717) is 10.7 Å². The zero-order valence-corrected chi connectivity index (χ0v) is 13.4. The molecule has 0 amide bonds. The van der Waals surface area contributed by atoms with Crippen molar-refractivity contribution in [3.63, 3.8) is 0 Å². The Morgan fingerprint density at radius 1 is 1.43 bits per heavy atom. The lowest BCUT2D eigenvalue weighted by molar-refractivity contribution is 0.261. The van der Waals surface area contributed by atoms with E-state index in [9.17, 15) is 0 Å². The number of H-pyrrole nitrogens is 1. The molecule has 1 saturated carbocycles. The van der Waals surface area contributed by atoms with Crippen LogP contribution in [0.3, 0.4) is 0 Å². The summed E-state index contributed by atoms with van der Waals surface area (Å²) >= 11 is 5.43. The first kappa shape index (κ1) is 14.5. The molecule has 2 atom stereocenters. The number of fused-ring (bicyclic) bond motifs is 1. The summed E-state index contributed by atoms with van der Waals surface area (Å²) in [5.41, 5.74) is 1.64. The van der Waals surface area contributed by atoms with Crippen molar-refractivity contribution in [1.82, 2.24) is 19.5 Å². The van der Waals surface area contributed by atoms with Gasteiger partial charge in [-0.25, -0.2) is 4.98 Å². The van der Waals surface area contributed by atoms with Crippen LogP contribution < -0.4 is 4.74 Å². The monoisotopic (exact) mass is 306 g/mol. The Morgan fingerprint density at radius 2 is 2.29 bits per heavy atom. The number of aryl methyl sites for hydroxylation is 1. The predicted molar refractivity (Wildman–Crippen MR) is 85.0 cm³/mol. The van der Waals surface area contributed by atoms with Crippen LogP contribution in [0.2, 0.25) is 0 Å². The second-order valence-electron chi connectivity index (χ2n) is 6.09. The maximum Gasteiger partial charge on any atom is 0.242 e. The summed E-state index contributed by atoms with van der Waals surface area (Å²) in [7, 11) is 1.61. The van der Waals surface area contributed by atoms with Crippen molar-refractivity contribution < 1.29 is 4.74 Å². The van der Waals surface area contributed by atoms with Gasteiger partial charge in [0.25, 0.3) is 0 Å². The number of aromatic nitrogens is 4. The fourth-order valence-corrected chi connectivity index (χ4v) is 3.72. The summed E-state index contributed by atoms with van der Waals surface area (Å²) < 4.78 is 8.04. The van der Waals surface area contributed by atoms with Crippen molar-refractivity contribution in [2.24, 2.45) is 11.8 Å². The van der Waals surface area contributed by atoms with Gasteiger partial charge < -0.3 is 14.3 Å². The van der Waals surface area contributed by atoms with Crippen molar-refractivity contribution in [3.8, 4) is 5.88 Å². The number of hydrogen-bond acceptors (Lipinski definition) is 4. The van der Waals surface area contributed by atoms with Crippen LogP contribution in [0.5, 0.6) is 5.88 Å². The standard InChI is InChI=1S/C15H22N4OS/c1-10-4-3-5-11(8-10)6-7-19-13-12(18-15(19)21)14(20-2)17-9-16-13/h9-11H,3-8H2,1-2H3,(H,18,21). The van der Waals surface area contributed by atoms with Crippen LogP contribution in [0.4, 0.5) is 0 Å². The van der Waals surface area contributed by atoms with Gasteiger partial charge in [0.15, 0.2) is 10.4 Å². The number of nitrogens with zero attached hydrogens (tertiary/aromatic N) is 3. The van der Waals surface area contributed by atoms with Gasteiger partial charge in [0, 0.05) is 6.54 Å². The molecule has 21 heavy (non-hydrogen) atoms. The first-order chi connectivity index (χ1) is 10.2. The highest BCUT2D eigenvalue weighted by molar-refractivity contribution is 7.71. The summed E-state index contributed by atoms with van der Waals surface area (Å²) in [4.78, 5) is 11.6. The van der Waals surface area contributed by atoms with Crippen LogP contribution in [0.15, 0.2) is 6.33 Å². The van der Waals surface area contributed by atoms with E-state index in [2.05, 4.69) is 26.4 Å². The van der Waals surface area contributed by atoms with Crippen LogP contribution in [0, 0.1) is 16.6 Å². The summed E-state index contributed by atoms with van der Waals surface area (Å²) in [6.45, 7) is 3.28. The molecule has 0 saturated heterocycles. The van der Waals surface area contributed by atoms with Gasteiger partial charge in [0.05, 0.1) is 7.11 Å². The molecular formula is C15H22N4OS. The fraction of sp³-hybridized carbons (Fsp3) is 0.667.